The van der Waals surface area contributed by atoms with E-state index in [4.69, 9.17) is 17.6 Å². The van der Waals surface area contributed by atoms with E-state index in [0.29, 0.717) is 55.7 Å². The first kappa shape index (κ1) is 42.6. The Morgan fingerprint density at radius 2 is 0.676 bits per heavy atom. The zero-order chi connectivity index (χ0) is 46.6. The number of allylic oxidation sites excluding steroid dienone is 8. The number of Topliss-reactive ketones (excluding diaryl/α,β-unsaturated/α-hetero) is 2. The van der Waals surface area contributed by atoms with Gasteiger partial charge in [0.15, 0.2) is 11.6 Å². The number of benzene rings is 8. The lowest BCUT2D eigenvalue weighted by molar-refractivity contribution is -0.109. The highest BCUT2D eigenvalue weighted by molar-refractivity contribution is 6.60. The predicted octanol–water partition coefficient (Wildman–Crippen LogP) is 13.2. The Kier molecular flexibility index (Phi) is 11.7. The average molecular weight is 873 g/mol. The summed E-state index contributed by atoms with van der Waals surface area (Å²) in [5.74, 6) is 4.75. The summed E-state index contributed by atoms with van der Waals surface area (Å²) in [7, 11) is 0. The average Bonchev–Trinajstić information content (AvgIpc) is 3.89. The number of ketones is 2. The van der Waals surface area contributed by atoms with Gasteiger partial charge in [0.2, 0.25) is 0 Å². The minimum absolute atomic E-state index is 0.0951. The molecule has 4 heteroatoms. The second-order valence-electron chi connectivity index (χ2n) is 16.4. The molecule has 8 aromatic carbocycles. The molecule has 8 aromatic rings. The van der Waals surface area contributed by atoms with Crippen molar-refractivity contribution in [3.8, 4) is 24.7 Å². The summed E-state index contributed by atoms with van der Waals surface area (Å²) >= 11 is 0. The number of ether oxygens (including phenoxy) is 1. The molecular formula is C64H40O4. The zero-order valence-corrected chi connectivity index (χ0v) is 36.8. The Morgan fingerprint density at radius 1 is 0.353 bits per heavy atom. The van der Waals surface area contributed by atoms with Crippen LogP contribution in [0.25, 0.3) is 44.6 Å². The fraction of sp³-hybridized carbons (Fsp3) is 0.0156. The van der Waals surface area contributed by atoms with E-state index in [1.807, 2.05) is 200 Å². The van der Waals surface area contributed by atoms with Crippen LogP contribution in [0.3, 0.4) is 0 Å². The predicted molar refractivity (Wildman–Crippen MR) is 274 cm³/mol. The molecule has 0 amide bonds. The molecule has 10 rings (SSSR count). The Labute approximate surface area is 395 Å². The molecule has 0 bridgehead atoms. The minimum Gasteiger partial charge on any atom is -0.457 e. The first-order chi connectivity index (χ1) is 33.4. The van der Waals surface area contributed by atoms with Crippen molar-refractivity contribution >= 4 is 62.1 Å². The van der Waals surface area contributed by atoms with Crippen molar-refractivity contribution in [2.24, 2.45) is 0 Å². The van der Waals surface area contributed by atoms with Gasteiger partial charge in [-0.1, -0.05) is 194 Å². The van der Waals surface area contributed by atoms with Crippen molar-refractivity contribution in [1.29, 1.82) is 0 Å². The quantitative estimate of drug-likeness (QED) is 0.0959. The van der Waals surface area contributed by atoms with Crippen molar-refractivity contribution in [3.05, 3.63) is 285 Å². The molecule has 0 heterocycles. The highest BCUT2D eigenvalue weighted by atomic mass is 16.5. The van der Waals surface area contributed by atoms with Gasteiger partial charge in [-0.15, -0.1) is 12.8 Å². The number of hydrogen-bond donors (Lipinski definition) is 0. The highest BCUT2D eigenvalue weighted by Gasteiger charge is 2.38. The van der Waals surface area contributed by atoms with Gasteiger partial charge in [0.1, 0.15) is 6.61 Å². The number of terminal acetylenes is 2. The number of carbonyl (C=O) groups is 3. The molecule has 0 unspecified atom stereocenters. The summed E-state index contributed by atoms with van der Waals surface area (Å²) in [4.78, 5) is 44.2. The second-order valence-corrected chi connectivity index (χ2v) is 16.4. The fourth-order valence-electron chi connectivity index (χ4n) is 9.22. The standard InChI is InChI=1S/C64H40O4/c1-3-42-22-17-30-50(38-42)56-54(58(45-24-11-6-12-25-45)62(65)59(56)46-26-13-7-14-27-46)48-34-36-49(37-35-48)55-57(51-31-18-23-43(4-2)39-51)60(47-28-15-8-16-29-47)63(66)61(55)52-32-19-33-53(40-52)64(67)68-41-44-20-9-5-10-21-44/h1-2,5-40H,41H2. The summed E-state index contributed by atoms with van der Waals surface area (Å²) in [5.41, 5.74) is 13.5. The van der Waals surface area contributed by atoms with Crippen LogP contribution in [0.15, 0.2) is 218 Å². The minimum atomic E-state index is -0.508. The van der Waals surface area contributed by atoms with E-state index >= 15 is 9.59 Å². The first-order valence-corrected chi connectivity index (χ1v) is 22.2. The molecule has 0 saturated heterocycles. The van der Waals surface area contributed by atoms with E-state index in [0.717, 1.165) is 55.7 Å². The monoisotopic (exact) mass is 872 g/mol. The van der Waals surface area contributed by atoms with Crippen molar-refractivity contribution < 1.29 is 19.1 Å². The molecule has 2 aliphatic rings. The van der Waals surface area contributed by atoms with Crippen LogP contribution in [-0.2, 0) is 20.9 Å². The molecule has 320 valence electrons. The normalized spacial score (nSPS) is 13.5. The molecule has 0 spiro atoms. The lowest BCUT2D eigenvalue weighted by Crippen LogP contribution is -2.07. The summed E-state index contributed by atoms with van der Waals surface area (Å²) in [6.45, 7) is 0.103. The van der Waals surface area contributed by atoms with Crippen molar-refractivity contribution in [1.82, 2.24) is 0 Å². The maximum atomic E-state index is 15.4. The topological polar surface area (TPSA) is 60.4 Å². The molecule has 0 aromatic heterocycles. The fourth-order valence-corrected chi connectivity index (χ4v) is 9.22. The van der Waals surface area contributed by atoms with E-state index in [9.17, 15) is 4.79 Å². The van der Waals surface area contributed by atoms with Crippen LogP contribution < -0.4 is 0 Å². The largest absolute Gasteiger partial charge is 0.457 e. The Hall–Kier alpha value is -9.35. The molecule has 2 aliphatic carbocycles. The van der Waals surface area contributed by atoms with Gasteiger partial charge in [-0.3, -0.25) is 9.59 Å². The van der Waals surface area contributed by atoms with E-state index in [1.165, 1.54) is 0 Å². The number of hydrogen-bond acceptors (Lipinski definition) is 4. The third-order valence-electron chi connectivity index (χ3n) is 12.3. The van der Waals surface area contributed by atoms with Crippen LogP contribution in [0, 0.1) is 24.7 Å². The Balaban J connectivity index is 1.19. The lowest BCUT2D eigenvalue weighted by atomic mass is 9.86. The molecule has 68 heavy (non-hydrogen) atoms. The molecule has 0 aliphatic heterocycles. The smallest absolute Gasteiger partial charge is 0.338 e. The first-order valence-electron chi connectivity index (χ1n) is 22.2. The van der Waals surface area contributed by atoms with Gasteiger partial charge in [0.05, 0.1) is 5.56 Å². The summed E-state index contributed by atoms with van der Waals surface area (Å²) < 4.78 is 5.77. The molecule has 0 N–H and O–H groups in total. The zero-order valence-electron chi connectivity index (χ0n) is 36.8. The van der Waals surface area contributed by atoms with E-state index in [1.54, 1.807) is 18.2 Å². The number of rotatable bonds is 11. The molecule has 0 radical (unpaired) electrons. The summed E-state index contributed by atoms with van der Waals surface area (Å²) in [5, 5.41) is 0. The number of esters is 1. The van der Waals surface area contributed by atoms with Crippen LogP contribution >= 0.6 is 0 Å². The van der Waals surface area contributed by atoms with Gasteiger partial charge in [-0.2, -0.15) is 0 Å². The van der Waals surface area contributed by atoms with Crippen LogP contribution in [0.4, 0.5) is 0 Å². The van der Waals surface area contributed by atoms with E-state index in [-0.39, 0.29) is 18.2 Å². The molecule has 0 fully saturated rings. The van der Waals surface area contributed by atoms with Gasteiger partial charge in [-0.25, -0.2) is 4.79 Å². The van der Waals surface area contributed by atoms with Crippen LogP contribution in [0.5, 0.6) is 0 Å². The Morgan fingerprint density at radius 3 is 1.09 bits per heavy atom. The molecule has 4 nitrogen and oxygen atoms in total. The van der Waals surface area contributed by atoms with E-state index in [2.05, 4.69) is 11.8 Å². The lowest BCUT2D eigenvalue weighted by Gasteiger charge is -2.17. The number of carbonyl (C=O) groups excluding carboxylic acids is 3. The summed E-state index contributed by atoms with van der Waals surface area (Å²) in [6.07, 6.45) is 11.9. The van der Waals surface area contributed by atoms with Crippen molar-refractivity contribution in [2.75, 3.05) is 0 Å². The van der Waals surface area contributed by atoms with Crippen LogP contribution in [0.2, 0.25) is 0 Å². The van der Waals surface area contributed by atoms with Crippen molar-refractivity contribution in [2.45, 2.75) is 6.61 Å². The third kappa shape index (κ3) is 8.05. The summed E-state index contributed by atoms with van der Waals surface area (Å²) in [6, 6.07) is 69.1. The highest BCUT2D eigenvalue weighted by Crippen LogP contribution is 2.52. The van der Waals surface area contributed by atoms with Crippen LogP contribution in [0.1, 0.15) is 71.6 Å². The maximum absolute atomic E-state index is 15.4. The second kappa shape index (κ2) is 18.6. The van der Waals surface area contributed by atoms with E-state index < -0.39 is 5.97 Å². The molecule has 0 saturated carbocycles. The van der Waals surface area contributed by atoms with Gasteiger partial charge in [0, 0.05) is 55.7 Å². The van der Waals surface area contributed by atoms with Crippen molar-refractivity contribution in [3.63, 3.8) is 0 Å². The van der Waals surface area contributed by atoms with Gasteiger partial charge in [-0.05, 0) is 86.5 Å². The SMILES string of the molecule is C#Cc1cccc(C2=C(c3ccccc3)C(=O)C(c3ccccc3)=C2c2ccc(C3=C(c4cccc(C(=O)OCc5ccccc5)c4)C(=O)C(c4ccccc4)=C3c3cccc(C#C)c3)cc2)c1. The Bertz CT molecular complexity index is 3520. The maximum Gasteiger partial charge on any atom is 0.338 e. The van der Waals surface area contributed by atoms with Crippen LogP contribution in [-0.4, -0.2) is 17.5 Å². The molecule has 0 atom stereocenters. The third-order valence-corrected chi connectivity index (χ3v) is 12.3. The molecular weight excluding hydrogens is 833 g/mol. The van der Waals surface area contributed by atoms with Gasteiger partial charge in [0.25, 0.3) is 0 Å². The van der Waals surface area contributed by atoms with Gasteiger partial charge >= 0.3 is 5.97 Å². The van der Waals surface area contributed by atoms with Gasteiger partial charge < -0.3 is 4.74 Å².